The molecule has 2 heteroatoms. The van der Waals surface area contributed by atoms with Gasteiger partial charge in [0, 0.05) is 0 Å². The highest BCUT2D eigenvalue weighted by Crippen LogP contribution is 2.47. The van der Waals surface area contributed by atoms with Crippen LogP contribution in [0.15, 0.2) is 60.7 Å². The van der Waals surface area contributed by atoms with Gasteiger partial charge in [-0.1, -0.05) is 87.4 Å². The zero-order valence-corrected chi connectivity index (χ0v) is 15.9. The van der Waals surface area contributed by atoms with Crippen LogP contribution in [0.1, 0.15) is 33.6 Å². The summed E-state index contributed by atoms with van der Waals surface area (Å²) in [6, 6.07) is 21.5. The van der Waals surface area contributed by atoms with Gasteiger partial charge < -0.3 is 4.43 Å². The molecule has 1 saturated carbocycles. The molecule has 0 saturated heterocycles. The van der Waals surface area contributed by atoms with Crippen molar-refractivity contribution in [3.63, 3.8) is 0 Å². The van der Waals surface area contributed by atoms with E-state index in [1.807, 2.05) is 0 Å². The third kappa shape index (κ3) is 2.95. The molecule has 0 unspecified atom stereocenters. The minimum Gasteiger partial charge on any atom is -0.406 e. The van der Waals surface area contributed by atoms with Crippen LogP contribution in [0.5, 0.6) is 0 Å². The SMILES string of the molecule is C#CC1(CO[Si](c2ccccc2)(c2ccccc2)C(C)(C)C)CC1. The lowest BCUT2D eigenvalue weighted by Gasteiger charge is -2.43. The highest BCUT2D eigenvalue weighted by Gasteiger charge is 2.52. The lowest BCUT2D eigenvalue weighted by Crippen LogP contribution is -2.67. The molecule has 0 spiro atoms. The van der Waals surface area contributed by atoms with Gasteiger partial charge in [0.15, 0.2) is 0 Å². The Hall–Kier alpha value is -1.82. The summed E-state index contributed by atoms with van der Waals surface area (Å²) in [5, 5.41) is 2.65. The van der Waals surface area contributed by atoms with Crippen molar-refractivity contribution in [1.82, 2.24) is 0 Å². The maximum Gasteiger partial charge on any atom is 0.261 e. The summed E-state index contributed by atoms with van der Waals surface area (Å²) < 4.78 is 6.88. The van der Waals surface area contributed by atoms with Crippen molar-refractivity contribution in [2.24, 2.45) is 5.41 Å². The van der Waals surface area contributed by atoms with Crippen molar-refractivity contribution in [3.05, 3.63) is 60.7 Å². The molecular formula is C22H26OSi. The van der Waals surface area contributed by atoms with E-state index in [-0.39, 0.29) is 10.5 Å². The van der Waals surface area contributed by atoms with Crippen molar-refractivity contribution < 1.29 is 4.43 Å². The monoisotopic (exact) mass is 334 g/mol. The molecule has 0 aromatic heterocycles. The first-order chi connectivity index (χ1) is 11.4. The Balaban J connectivity index is 2.12. The molecule has 0 amide bonds. The van der Waals surface area contributed by atoms with Gasteiger partial charge >= 0.3 is 0 Å². The third-order valence-corrected chi connectivity index (χ3v) is 10.1. The molecule has 3 rings (SSSR count). The van der Waals surface area contributed by atoms with Crippen molar-refractivity contribution in [3.8, 4) is 12.3 Å². The van der Waals surface area contributed by atoms with Gasteiger partial charge in [0.05, 0.1) is 12.0 Å². The highest BCUT2D eigenvalue weighted by atomic mass is 28.4. The highest BCUT2D eigenvalue weighted by molar-refractivity contribution is 6.99. The van der Waals surface area contributed by atoms with Crippen LogP contribution in [-0.4, -0.2) is 14.9 Å². The van der Waals surface area contributed by atoms with E-state index in [1.54, 1.807) is 0 Å². The Kier molecular flexibility index (Phi) is 4.42. The fourth-order valence-corrected chi connectivity index (χ4v) is 8.14. The summed E-state index contributed by atoms with van der Waals surface area (Å²) in [6.07, 6.45) is 7.94. The van der Waals surface area contributed by atoms with Crippen LogP contribution in [0.25, 0.3) is 0 Å². The molecule has 0 heterocycles. The van der Waals surface area contributed by atoms with Gasteiger partial charge in [-0.15, -0.1) is 6.42 Å². The van der Waals surface area contributed by atoms with Crippen molar-refractivity contribution in [1.29, 1.82) is 0 Å². The molecule has 1 fully saturated rings. The van der Waals surface area contributed by atoms with Gasteiger partial charge in [-0.05, 0) is 28.3 Å². The predicted octanol–water partition coefficient (Wildman–Crippen LogP) is 3.98. The quantitative estimate of drug-likeness (QED) is 0.594. The maximum absolute atomic E-state index is 6.88. The summed E-state index contributed by atoms with van der Waals surface area (Å²) in [7, 11) is -2.43. The molecule has 0 radical (unpaired) electrons. The second kappa shape index (κ2) is 6.24. The molecular weight excluding hydrogens is 308 g/mol. The molecule has 0 N–H and O–H groups in total. The van der Waals surface area contributed by atoms with Crippen molar-refractivity contribution in [2.75, 3.05) is 6.61 Å². The fraction of sp³-hybridized carbons (Fsp3) is 0.364. The molecule has 0 atom stereocenters. The first kappa shape index (κ1) is 17.0. The maximum atomic E-state index is 6.88. The van der Waals surface area contributed by atoms with Crippen LogP contribution in [-0.2, 0) is 4.43 Å². The Morgan fingerprint density at radius 1 is 0.958 bits per heavy atom. The van der Waals surface area contributed by atoms with E-state index in [9.17, 15) is 0 Å². The van der Waals surface area contributed by atoms with E-state index in [1.165, 1.54) is 10.4 Å². The zero-order valence-electron chi connectivity index (χ0n) is 14.9. The van der Waals surface area contributed by atoms with Crippen LogP contribution >= 0.6 is 0 Å². The first-order valence-electron chi connectivity index (χ1n) is 8.66. The molecule has 0 bridgehead atoms. The van der Waals surface area contributed by atoms with Crippen molar-refractivity contribution in [2.45, 2.75) is 38.7 Å². The number of hydrogen-bond donors (Lipinski definition) is 0. The molecule has 1 nitrogen and oxygen atoms in total. The Morgan fingerprint density at radius 2 is 1.42 bits per heavy atom. The Labute approximate surface area is 147 Å². The average molecular weight is 335 g/mol. The van der Waals surface area contributed by atoms with E-state index in [2.05, 4.69) is 87.4 Å². The Morgan fingerprint density at radius 3 is 1.75 bits per heavy atom. The van der Waals surface area contributed by atoms with Crippen LogP contribution in [0.3, 0.4) is 0 Å². The standard InChI is InChI=1S/C22H26OSi/c1-5-22(16-17-22)18-23-24(21(2,3)4,19-12-8-6-9-13-19)20-14-10-7-11-15-20/h1,6-15H,16-18H2,2-4H3. The summed E-state index contributed by atoms with van der Waals surface area (Å²) >= 11 is 0. The molecule has 0 aliphatic heterocycles. The van der Waals surface area contributed by atoms with Crippen LogP contribution in [0, 0.1) is 17.8 Å². The van der Waals surface area contributed by atoms with Crippen LogP contribution in [0.4, 0.5) is 0 Å². The molecule has 1 aliphatic carbocycles. The second-order valence-electron chi connectivity index (χ2n) is 7.88. The van der Waals surface area contributed by atoms with E-state index in [0.717, 1.165) is 12.8 Å². The minimum absolute atomic E-state index is 0.0143. The largest absolute Gasteiger partial charge is 0.406 e. The Bertz CT molecular complexity index is 679. The second-order valence-corrected chi connectivity index (χ2v) is 12.2. The van der Waals surface area contributed by atoms with E-state index >= 15 is 0 Å². The summed E-state index contributed by atoms with van der Waals surface area (Å²) in [4.78, 5) is 0. The van der Waals surface area contributed by atoms with Crippen LogP contribution in [0.2, 0.25) is 5.04 Å². The number of hydrogen-bond acceptors (Lipinski definition) is 1. The summed E-state index contributed by atoms with van der Waals surface area (Å²) in [5.41, 5.74) is -0.0347. The first-order valence-corrected chi connectivity index (χ1v) is 10.6. The van der Waals surface area contributed by atoms with Crippen molar-refractivity contribution >= 4 is 18.7 Å². The van der Waals surface area contributed by atoms with Gasteiger partial charge in [-0.2, -0.15) is 0 Å². The normalized spacial score (nSPS) is 16.4. The zero-order chi connectivity index (χ0) is 17.3. The van der Waals surface area contributed by atoms with E-state index in [4.69, 9.17) is 10.8 Å². The molecule has 1 aliphatic rings. The van der Waals surface area contributed by atoms with Gasteiger partial charge in [-0.3, -0.25) is 0 Å². The number of terminal acetylenes is 1. The topological polar surface area (TPSA) is 9.23 Å². The van der Waals surface area contributed by atoms with Crippen LogP contribution < -0.4 is 10.4 Å². The van der Waals surface area contributed by atoms with Gasteiger partial charge in [0.25, 0.3) is 8.32 Å². The van der Waals surface area contributed by atoms with E-state index < -0.39 is 8.32 Å². The minimum atomic E-state index is -2.43. The summed E-state index contributed by atoms with van der Waals surface area (Å²) in [5.74, 6) is 2.98. The lowest BCUT2D eigenvalue weighted by atomic mass is 10.1. The fourth-order valence-electron chi connectivity index (χ4n) is 3.49. The van der Waals surface area contributed by atoms with Gasteiger partial charge in [0.1, 0.15) is 0 Å². The molecule has 124 valence electrons. The smallest absolute Gasteiger partial charge is 0.261 e. The lowest BCUT2D eigenvalue weighted by molar-refractivity contribution is 0.254. The molecule has 2 aromatic carbocycles. The number of rotatable bonds is 5. The van der Waals surface area contributed by atoms with Gasteiger partial charge in [0.2, 0.25) is 0 Å². The third-order valence-electron chi connectivity index (χ3n) is 5.14. The number of benzene rings is 2. The van der Waals surface area contributed by atoms with Gasteiger partial charge in [-0.25, -0.2) is 0 Å². The molecule has 2 aromatic rings. The summed E-state index contributed by atoms with van der Waals surface area (Å²) in [6.45, 7) is 7.56. The molecule has 24 heavy (non-hydrogen) atoms. The van der Waals surface area contributed by atoms with E-state index in [0.29, 0.717) is 6.61 Å². The predicted molar refractivity (Wildman–Crippen MR) is 104 cm³/mol. The average Bonchev–Trinajstić information content (AvgIpc) is 3.37.